The normalized spacial score (nSPS) is 11.0. The SMILES string of the molecule is Cc1cccn2c(=O)c3cc(C#N)c(=O)n(-c4ccccc4Br)c3nc12. The Kier molecular flexibility index (Phi) is 3.71. The van der Waals surface area contributed by atoms with Crippen LogP contribution < -0.4 is 11.1 Å². The van der Waals surface area contributed by atoms with Crippen molar-refractivity contribution in [1.82, 2.24) is 14.0 Å². The standard InChI is InChI=1S/C19H11BrN4O2/c1-11-5-4-8-23-16(11)22-17-13(19(23)26)9-12(10-21)18(25)24(17)15-7-3-2-6-14(15)20/h2-9H,1H3. The van der Waals surface area contributed by atoms with Gasteiger partial charge in [0.25, 0.3) is 11.1 Å². The summed E-state index contributed by atoms with van der Waals surface area (Å²) in [7, 11) is 0. The lowest BCUT2D eigenvalue weighted by molar-refractivity contribution is 0.976. The molecule has 0 aliphatic carbocycles. The summed E-state index contributed by atoms with van der Waals surface area (Å²) in [4.78, 5) is 30.4. The van der Waals surface area contributed by atoms with E-state index < -0.39 is 5.56 Å². The lowest BCUT2D eigenvalue weighted by atomic mass is 10.2. The fourth-order valence-corrected chi connectivity index (χ4v) is 3.42. The van der Waals surface area contributed by atoms with Gasteiger partial charge in [-0.1, -0.05) is 18.2 Å². The van der Waals surface area contributed by atoms with Gasteiger partial charge in [0.2, 0.25) is 0 Å². The van der Waals surface area contributed by atoms with Crippen molar-refractivity contribution >= 4 is 32.6 Å². The van der Waals surface area contributed by atoms with Crippen molar-refractivity contribution in [1.29, 1.82) is 5.26 Å². The van der Waals surface area contributed by atoms with Crippen LogP contribution in [0.5, 0.6) is 0 Å². The molecule has 0 saturated carbocycles. The first-order valence-corrected chi connectivity index (χ1v) is 8.55. The van der Waals surface area contributed by atoms with Crippen molar-refractivity contribution in [2.45, 2.75) is 6.92 Å². The van der Waals surface area contributed by atoms with Crippen LogP contribution in [0.25, 0.3) is 22.4 Å². The summed E-state index contributed by atoms with van der Waals surface area (Å²) in [5, 5.41) is 9.57. The molecule has 1 aromatic carbocycles. The molecular formula is C19H11BrN4O2. The third kappa shape index (κ3) is 2.27. The lowest BCUT2D eigenvalue weighted by Gasteiger charge is -2.13. The third-order valence-corrected chi connectivity index (χ3v) is 4.88. The molecule has 0 aliphatic rings. The van der Waals surface area contributed by atoms with Gasteiger partial charge in [-0.2, -0.15) is 5.26 Å². The number of benzene rings is 1. The van der Waals surface area contributed by atoms with Crippen LogP contribution in [0, 0.1) is 18.3 Å². The van der Waals surface area contributed by atoms with Crippen LogP contribution in [0.4, 0.5) is 0 Å². The number of nitriles is 1. The molecule has 4 rings (SSSR count). The average molecular weight is 407 g/mol. The Labute approximate surface area is 155 Å². The van der Waals surface area contributed by atoms with E-state index in [0.29, 0.717) is 15.8 Å². The van der Waals surface area contributed by atoms with Crippen LogP contribution in [0.2, 0.25) is 0 Å². The Morgan fingerprint density at radius 3 is 2.58 bits per heavy atom. The predicted molar refractivity (Wildman–Crippen MR) is 102 cm³/mol. The first-order valence-electron chi connectivity index (χ1n) is 7.75. The lowest BCUT2D eigenvalue weighted by Crippen LogP contribution is -2.26. The predicted octanol–water partition coefficient (Wildman–Crippen LogP) is 2.94. The van der Waals surface area contributed by atoms with Gasteiger partial charge in [-0.05, 0) is 52.7 Å². The van der Waals surface area contributed by atoms with Crippen LogP contribution in [-0.4, -0.2) is 14.0 Å². The van der Waals surface area contributed by atoms with Gasteiger partial charge in [-0.25, -0.2) is 4.98 Å². The molecule has 3 aromatic heterocycles. The summed E-state index contributed by atoms with van der Waals surface area (Å²) in [6, 6.07) is 13.9. The van der Waals surface area contributed by atoms with E-state index >= 15 is 0 Å². The molecule has 4 aromatic rings. The van der Waals surface area contributed by atoms with Gasteiger partial charge in [0, 0.05) is 10.7 Å². The molecule has 0 aliphatic heterocycles. The van der Waals surface area contributed by atoms with Crippen molar-refractivity contribution < 1.29 is 0 Å². The summed E-state index contributed by atoms with van der Waals surface area (Å²) < 4.78 is 3.39. The van der Waals surface area contributed by atoms with E-state index in [1.54, 1.807) is 30.5 Å². The highest BCUT2D eigenvalue weighted by atomic mass is 79.9. The molecule has 0 radical (unpaired) electrons. The molecule has 0 atom stereocenters. The maximum absolute atomic E-state index is 13.0. The molecule has 7 heteroatoms. The van der Waals surface area contributed by atoms with Crippen LogP contribution in [0.3, 0.4) is 0 Å². The van der Waals surface area contributed by atoms with Gasteiger partial charge in [0.05, 0.1) is 11.1 Å². The Morgan fingerprint density at radius 2 is 1.85 bits per heavy atom. The Morgan fingerprint density at radius 1 is 1.08 bits per heavy atom. The summed E-state index contributed by atoms with van der Waals surface area (Å²) in [5.41, 5.74) is 1.06. The maximum atomic E-state index is 13.0. The van der Waals surface area contributed by atoms with Crippen LogP contribution in [0.15, 0.2) is 62.7 Å². The minimum absolute atomic E-state index is 0.111. The number of aryl methyl sites for hydroxylation is 1. The highest BCUT2D eigenvalue weighted by Gasteiger charge is 2.17. The second-order valence-electron chi connectivity index (χ2n) is 5.80. The molecule has 0 fully saturated rings. The minimum atomic E-state index is -0.517. The number of para-hydroxylation sites is 1. The number of fused-ring (bicyclic) bond motifs is 2. The first kappa shape index (κ1) is 16.2. The van der Waals surface area contributed by atoms with Crippen LogP contribution >= 0.6 is 15.9 Å². The zero-order chi connectivity index (χ0) is 18.4. The summed E-state index contributed by atoms with van der Waals surface area (Å²) >= 11 is 3.43. The number of rotatable bonds is 1. The van der Waals surface area contributed by atoms with E-state index in [4.69, 9.17) is 0 Å². The highest BCUT2D eigenvalue weighted by Crippen LogP contribution is 2.22. The van der Waals surface area contributed by atoms with Gasteiger partial charge in [0.1, 0.15) is 17.3 Å². The molecule has 126 valence electrons. The Hall–Kier alpha value is -3.24. The number of hydrogen-bond acceptors (Lipinski definition) is 4. The maximum Gasteiger partial charge on any atom is 0.274 e. The zero-order valence-corrected chi connectivity index (χ0v) is 15.2. The monoisotopic (exact) mass is 406 g/mol. The second kappa shape index (κ2) is 5.93. The fraction of sp³-hybridized carbons (Fsp3) is 0.0526. The number of nitrogens with zero attached hydrogens (tertiary/aromatic N) is 4. The van der Waals surface area contributed by atoms with Gasteiger partial charge >= 0.3 is 0 Å². The molecule has 6 nitrogen and oxygen atoms in total. The largest absolute Gasteiger partial charge is 0.274 e. The van der Waals surface area contributed by atoms with Crippen LogP contribution in [0.1, 0.15) is 11.1 Å². The smallest absolute Gasteiger partial charge is 0.268 e. The average Bonchev–Trinajstić information content (AvgIpc) is 2.64. The number of aromatic nitrogens is 3. The van der Waals surface area contributed by atoms with Crippen LogP contribution in [-0.2, 0) is 0 Å². The summed E-state index contributed by atoms with van der Waals surface area (Å²) in [5.74, 6) is 0. The molecule has 0 saturated heterocycles. The summed E-state index contributed by atoms with van der Waals surface area (Å²) in [6.07, 6.45) is 1.62. The van der Waals surface area contributed by atoms with E-state index in [1.807, 2.05) is 25.1 Å². The number of hydrogen-bond donors (Lipinski definition) is 0. The molecule has 0 unspecified atom stereocenters. The third-order valence-electron chi connectivity index (χ3n) is 4.21. The Bertz CT molecular complexity index is 1360. The van der Waals surface area contributed by atoms with Gasteiger partial charge in [0.15, 0.2) is 5.65 Å². The Balaban J connectivity index is 2.33. The van der Waals surface area contributed by atoms with Gasteiger partial charge < -0.3 is 0 Å². The highest BCUT2D eigenvalue weighted by molar-refractivity contribution is 9.10. The van der Waals surface area contributed by atoms with Crippen molar-refractivity contribution in [2.75, 3.05) is 0 Å². The van der Waals surface area contributed by atoms with E-state index in [9.17, 15) is 14.9 Å². The van der Waals surface area contributed by atoms with Crippen molar-refractivity contribution in [3.05, 3.63) is 85.0 Å². The van der Waals surface area contributed by atoms with E-state index in [-0.39, 0.29) is 22.2 Å². The topological polar surface area (TPSA) is 80.2 Å². The molecular weight excluding hydrogens is 396 g/mol. The van der Waals surface area contributed by atoms with E-state index in [1.165, 1.54) is 15.0 Å². The van der Waals surface area contributed by atoms with E-state index in [2.05, 4.69) is 20.9 Å². The second-order valence-corrected chi connectivity index (χ2v) is 6.66. The molecule has 0 amide bonds. The molecule has 3 heterocycles. The van der Waals surface area contributed by atoms with Crippen molar-refractivity contribution in [3.8, 4) is 11.8 Å². The van der Waals surface area contributed by atoms with Gasteiger partial charge in [-0.15, -0.1) is 0 Å². The first-order chi connectivity index (χ1) is 12.5. The van der Waals surface area contributed by atoms with E-state index in [0.717, 1.165) is 5.56 Å². The quantitative estimate of drug-likeness (QED) is 0.455. The molecule has 0 spiro atoms. The van der Waals surface area contributed by atoms with Crippen molar-refractivity contribution in [2.24, 2.45) is 0 Å². The van der Waals surface area contributed by atoms with Gasteiger partial charge in [-0.3, -0.25) is 18.6 Å². The number of pyridine rings is 2. The number of halogens is 1. The van der Waals surface area contributed by atoms with Crippen molar-refractivity contribution in [3.63, 3.8) is 0 Å². The fourth-order valence-electron chi connectivity index (χ4n) is 2.96. The minimum Gasteiger partial charge on any atom is -0.268 e. The zero-order valence-electron chi connectivity index (χ0n) is 13.6. The molecule has 26 heavy (non-hydrogen) atoms. The summed E-state index contributed by atoms with van der Waals surface area (Å²) in [6.45, 7) is 1.85. The molecule has 0 bridgehead atoms. The molecule has 0 N–H and O–H groups in total.